The first-order chi connectivity index (χ1) is 15.3. The zero-order chi connectivity index (χ0) is 22.7. The molecule has 2 saturated heterocycles. The first-order valence-corrected chi connectivity index (χ1v) is 10.9. The second kappa shape index (κ2) is 9.32. The van der Waals surface area contributed by atoms with Crippen LogP contribution in [0, 0.1) is 0 Å². The maximum Gasteiger partial charge on any atom is 0.416 e. The van der Waals surface area contributed by atoms with E-state index in [1.54, 1.807) is 4.90 Å². The highest BCUT2D eigenvalue weighted by molar-refractivity contribution is 5.94. The molecule has 2 aliphatic heterocycles. The number of likely N-dealkylation sites (tertiary alicyclic amines) is 1. The average Bonchev–Trinajstić information content (AvgIpc) is 2.99. The number of nitrogens with zero attached hydrogens (tertiary/aromatic N) is 3. The predicted molar refractivity (Wildman–Crippen MR) is 114 cm³/mol. The molecule has 0 aromatic heterocycles. The van der Waals surface area contributed by atoms with E-state index in [2.05, 4.69) is 4.90 Å². The number of alkyl halides is 3. The zero-order valence-corrected chi connectivity index (χ0v) is 17.7. The van der Waals surface area contributed by atoms with Crippen molar-refractivity contribution in [2.24, 2.45) is 0 Å². The first-order valence-electron chi connectivity index (χ1n) is 10.9. The third-order valence-electron chi connectivity index (χ3n) is 6.18. The summed E-state index contributed by atoms with van der Waals surface area (Å²) < 4.78 is 39.0. The Morgan fingerprint density at radius 2 is 1.72 bits per heavy atom. The molecule has 2 heterocycles. The minimum absolute atomic E-state index is 0.0410. The standard InChI is InChI=1S/C24H26F3N3O2/c25-24(26,27)20-9-4-8-19(16-20)22(31)29-12-5-11-28(14-15-29)21-10-13-30(23(21)32)17-18-6-2-1-3-7-18/h1-4,6-9,16,21H,5,10-15,17H2/t21-/m1/s1. The molecule has 0 aliphatic carbocycles. The Hall–Kier alpha value is -2.87. The minimum atomic E-state index is -4.49. The fraction of sp³-hybridized carbons (Fsp3) is 0.417. The molecule has 1 atom stereocenters. The predicted octanol–water partition coefficient (Wildman–Crippen LogP) is 3.65. The van der Waals surface area contributed by atoms with Crippen LogP contribution in [-0.4, -0.2) is 65.3 Å². The molecule has 8 heteroatoms. The van der Waals surface area contributed by atoms with E-state index in [4.69, 9.17) is 0 Å². The van der Waals surface area contributed by atoms with Crippen LogP contribution in [-0.2, 0) is 17.5 Å². The highest BCUT2D eigenvalue weighted by atomic mass is 19.4. The van der Waals surface area contributed by atoms with Crippen molar-refractivity contribution in [1.29, 1.82) is 0 Å². The highest BCUT2D eigenvalue weighted by Crippen LogP contribution is 2.30. The maximum absolute atomic E-state index is 13.0. The Kier molecular flexibility index (Phi) is 6.50. The Bertz CT molecular complexity index is 964. The molecular formula is C24H26F3N3O2. The van der Waals surface area contributed by atoms with E-state index in [1.165, 1.54) is 12.1 Å². The first kappa shape index (κ1) is 22.3. The van der Waals surface area contributed by atoms with Gasteiger partial charge in [-0.25, -0.2) is 0 Å². The number of carbonyl (C=O) groups excluding carboxylic acids is 2. The number of carbonyl (C=O) groups is 2. The number of hydrogen-bond donors (Lipinski definition) is 0. The van der Waals surface area contributed by atoms with Crippen molar-refractivity contribution in [3.05, 3.63) is 71.3 Å². The Balaban J connectivity index is 1.37. The summed E-state index contributed by atoms with van der Waals surface area (Å²) >= 11 is 0. The summed E-state index contributed by atoms with van der Waals surface area (Å²) in [7, 11) is 0. The average molecular weight is 445 g/mol. The van der Waals surface area contributed by atoms with E-state index in [-0.39, 0.29) is 17.5 Å². The quantitative estimate of drug-likeness (QED) is 0.722. The second-order valence-corrected chi connectivity index (χ2v) is 8.31. The van der Waals surface area contributed by atoms with Gasteiger partial charge in [-0.15, -0.1) is 0 Å². The topological polar surface area (TPSA) is 43.9 Å². The number of benzene rings is 2. The summed E-state index contributed by atoms with van der Waals surface area (Å²) in [5.74, 6) is -0.298. The van der Waals surface area contributed by atoms with Crippen molar-refractivity contribution in [2.45, 2.75) is 31.6 Å². The van der Waals surface area contributed by atoms with Gasteiger partial charge in [-0.3, -0.25) is 14.5 Å². The summed E-state index contributed by atoms with van der Waals surface area (Å²) in [6, 6.07) is 14.2. The van der Waals surface area contributed by atoms with Crippen molar-refractivity contribution in [2.75, 3.05) is 32.7 Å². The van der Waals surface area contributed by atoms with Gasteiger partial charge in [0.15, 0.2) is 0 Å². The van der Waals surface area contributed by atoms with Gasteiger partial charge in [-0.05, 0) is 36.6 Å². The fourth-order valence-corrected chi connectivity index (χ4v) is 4.49. The van der Waals surface area contributed by atoms with Crippen LogP contribution in [0.5, 0.6) is 0 Å². The Morgan fingerprint density at radius 1 is 0.938 bits per heavy atom. The highest BCUT2D eigenvalue weighted by Gasteiger charge is 2.37. The summed E-state index contributed by atoms with van der Waals surface area (Å²) in [4.78, 5) is 31.4. The minimum Gasteiger partial charge on any atom is -0.337 e. The molecule has 2 amide bonds. The molecule has 5 nitrogen and oxygen atoms in total. The van der Waals surface area contributed by atoms with Crippen LogP contribution in [0.3, 0.4) is 0 Å². The van der Waals surface area contributed by atoms with Gasteiger partial charge in [0, 0.05) is 44.8 Å². The Morgan fingerprint density at radius 3 is 2.47 bits per heavy atom. The van der Waals surface area contributed by atoms with Crippen molar-refractivity contribution in [3.63, 3.8) is 0 Å². The molecule has 2 aliphatic rings. The second-order valence-electron chi connectivity index (χ2n) is 8.31. The van der Waals surface area contributed by atoms with Crippen LogP contribution in [0.4, 0.5) is 13.2 Å². The molecule has 0 spiro atoms. The largest absolute Gasteiger partial charge is 0.416 e. The van der Waals surface area contributed by atoms with Crippen molar-refractivity contribution < 1.29 is 22.8 Å². The number of halogens is 3. The van der Waals surface area contributed by atoms with E-state index in [0.29, 0.717) is 45.7 Å². The lowest BCUT2D eigenvalue weighted by atomic mass is 10.1. The molecule has 0 unspecified atom stereocenters. The van der Waals surface area contributed by atoms with Gasteiger partial charge in [0.2, 0.25) is 5.91 Å². The van der Waals surface area contributed by atoms with Crippen LogP contribution < -0.4 is 0 Å². The fourth-order valence-electron chi connectivity index (χ4n) is 4.49. The van der Waals surface area contributed by atoms with Gasteiger partial charge in [0.05, 0.1) is 11.6 Å². The number of rotatable bonds is 4. The summed E-state index contributed by atoms with van der Waals surface area (Å²) in [5.41, 5.74) is 0.310. The molecule has 4 rings (SSSR count). The zero-order valence-electron chi connectivity index (χ0n) is 17.7. The van der Waals surface area contributed by atoms with E-state index in [1.807, 2.05) is 35.2 Å². The summed E-state index contributed by atoms with van der Waals surface area (Å²) in [5, 5.41) is 0. The van der Waals surface area contributed by atoms with Gasteiger partial charge in [0.1, 0.15) is 0 Å². The smallest absolute Gasteiger partial charge is 0.337 e. The van der Waals surface area contributed by atoms with Gasteiger partial charge in [-0.2, -0.15) is 13.2 Å². The molecule has 0 saturated carbocycles. The third-order valence-corrected chi connectivity index (χ3v) is 6.18. The van der Waals surface area contributed by atoms with Crippen LogP contribution in [0.2, 0.25) is 0 Å². The maximum atomic E-state index is 13.0. The molecule has 0 bridgehead atoms. The lowest BCUT2D eigenvalue weighted by molar-refractivity contribution is -0.137. The monoisotopic (exact) mass is 445 g/mol. The molecule has 2 aromatic rings. The van der Waals surface area contributed by atoms with Gasteiger partial charge < -0.3 is 9.80 Å². The van der Waals surface area contributed by atoms with Gasteiger partial charge >= 0.3 is 6.18 Å². The van der Waals surface area contributed by atoms with E-state index < -0.39 is 17.6 Å². The third kappa shape index (κ3) is 4.96. The van der Waals surface area contributed by atoms with E-state index in [0.717, 1.165) is 24.1 Å². The molecular weight excluding hydrogens is 419 g/mol. The molecule has 0 radical (unpaired) electrons. The van der Waals surface area contributed by atoms with Crippen LogP contribution >= 0.6 is 0 Å². The Labute approximate surface area is 185 Å². The van der Waals surface area contributed by atoms with Crippen molar-refractivity contribution in [3.8, 4) is 0 Å². The van der Waals surface area contributed by atoms with E-state index in [9.17, 15) is 22.8 Å². The normalized spacial score (nSPS) is 20.5. The summed E-state index contributed by atoms with van der Waals surface area (Å²) in [6.07, 6.45) is -3.07. The SMILES string of the molecule is O=C(c1cccc(C(F)(F)F)c1)N1CCCN([C@@H]2CCN(Cc3ccccc3)C2=O)CC1. The number of hydrogen-bond acceptors (Lipinski definition) is 3. The van der Waals surface area contributed by atoms with Crippen LogP contribution in [0.15, 0.2) is 54.6 Å². The molecule has 2 aromatic carbocycles. The van der Waals surface area contributed by atoms with Crippen molar-refractivity contribution in [1.82, 2.24) is 14.7 Å². The molecule has 170 valence electrons. The molecule has 0 N–H and O–H groups in total. The van der Waals surface area contributed by atoms with Crippen LogP contribution in [0.1, 0.15) is 34.3 Å². The van der Waals surface area contributed by atoms with Gasteiger partial charge in [-0.1, -0.05) is 36.4 Å². The van der Waals surface area contributed by atoms with Gasteiger partial charge in [0.25, 0.3) is 5.91 Å². The molecule has 32 heavy (non-hydrogen) atoms. The molecule has 2 fully saturated rings. The van der Waals surface area contributed by atoms with E-state index >= 15 is 0 Å². The van der Waals surface area contributed by atoms with Crippen LogP contribution in [0.25, 0.3) is 0 Å². The number of amides is 2. The lowest BCUT2D eigenvalue weighted by Crippen LogP contribution is -2.44. The lowest BCUT2D eigenvalue weighted by Gasteiger charge is -2.27. The van der Waals surface area contributed by atoms with Crippen molar-refractivity contribution >= 4 is 11.8 Å². The summed E-state index contributed by atoms with van der Waals surface area (Å²) in [6.45, 7) is 3.34.